The van der Waals surface area contributed by atoms with E-state index in [1.165, 1.54) is 5.56 Å². The molecule has 0 radical (unpaired) electrons. The van der Waals surface area contributed by atoms with E-state index < -0.39 is 0 Å². The molecule has 4 rings (SSSR count). The van der Waals surface area contributed by atoms with Crippen molar-refractivity contribution in [2.24, 2.45) is 0 Å². The minimum Gasteiger partial charge on any atom is -0.379 e. The zero-order chi connectivity index (χ0) is 26.6. The Morgan fingerprint density at radius 3 is 2.47 bits per heavy atom. The molecule has 198 valence electrons. The summed E-state index contributed by atoms with van der Waals surface area (Å²) in [5.41, 5.74) is 4.83. The molecule has 38 heavy (non-hydrogen) atoms. The van der Waals surface area contributed by atoms with Crippen molar-refractivity contribution in [3.05, 3.63) is 107 Å². The Balaban J connectivity index is 1.40. The first-order chi connectivity index (χ1) is 18.6. The monoisotopic (exact) mass is 511 g/mol. The van der Waals surface area contributed by atoms with Gasteiger partial charge in [0.1, 0.15) is 0 Å². The molecule has 0 unspecified atom stereocenters. The number of amides is 2. The highest BCUT2D eigenvalue weighted by Gasteiger charge is 2.16. The molecule has 1 heterocycles. The van der Waals surface area contributed by atoms with Crippen molar-refractivity contribution >= 4 is 23.6 Å². The van der Waals surface area contributed by atoms with Gasteiger partial charge in [-0.1, -0.05) is 72.3 Å². The van der Waals surface area contributed by atoms with Crippen LogP contribution in [0.1, 0.15) is 28.7 Å². The van der Waals surface area contributed by atoms with E-state index in [9.17, 15) is 9.59 Å². The first-order valence-electron chi connectivity index (χ1n) is 13.3. The standard InChI is InChI=1S/C32H37N3O3/c1-26-11-13-28(14-12-26)25-35(32(37)16-15-27-7-3-2-4-8-27)30-10-5-9-29(23-30)24-31(36)33-17-6-18-34-19-21-38-22-20-34/h2-5,7-16,23H,6,17-22,24-25H2,1H3,(H,33,36)/b16-15+. The predicted octanol–water partition coefficient (Wildman–Crippen LogP) is 4.62. The topological polar surface area (TPSA) is 61.9 Å². The van der Waals surface area contributed by atoms with Crippen LogP contribution in [0.2, 0.25) is 0 Å². The van der Waals surface area contributed by atoms with Gasteiger partial charge in [0.2, 0.25) is 5.91 Å². The Kier molecular flexibility index (Phi) is 10.2. The molecule has 6 nitrogen and oxygen atoms in total. The van der Waals surface area contributed by atoms with Crippen molar-refractivity contribution in [2.45, 2.75) is 26.3 Å². The number of hydrogen-bond acceptors (Lipinski definition) is 4. The van der Waals surface area contributed by atoms with Crippen LogP contribution in [0.15, 0.2) is 84.9 Å². The van der Waals surface area contributed by atoms with Crippen molar-refractivity contribution < 1.29 is 14.3 Å². The van der Waals surface area contributed by atoms with Crippen LogP contribution in [0.5, 0.6) is 0 Å². The number of aryl methyl sites for hydroxylation is 1. The van der Waals surface area contributed by atoms with Crippen LogP contribution in [0.3, 0.4) is 0 Å². The first-order valence-corrected chi connectivity index (χ1v) is 13.3. The van der Waals surface area contributed by atoms with Crippen LogP contribution in [0.25, 0.3) is 6.08 Å². The molecule has 1 saturated heterocycles. The van der Waals surface area contributed by atoms with E-state index in [1.54, 1.807) is 11.0 Å². The first kappa shape index (κ1) is 27.3. The number of benzene rings is 3. The maximum Gasteiger partial charge on any atom is 0.251 e. The van der Waals surface area contributed by atoms with E-state index in [0.29, 0.717) is 13.1 Å². The lowest BCUT2D eigenvalue weighted by molar-refractivity contribution is -0.120. The average Bonchev–Trinajstić information content (AvgIpc) is 2.95. The zero-order valence-electron chi connectivity index (χ0n) is 22.1. The number of hydrogen-bond donors (Lipinski definition) is 1. The van der Waals surface area contributed by atoms with Crippen molar-refractivity contribution in [3.63, 3.8) is 0 Å². The van der Waals surface area contributed by atoms with Crippen LogP contribution in [0.4, 0.5) is 5.69 Å². The van der Waals surface area contributed by atoms with Crippen LogP contribution >= 0.6 is 0 Å². The van der Waals surface area contributed by atoms with Crippen LogP contribution in [-0.2, 0) is 27.3 Å². The number of carbonyl (C=O) groups excluding carboxylic acids is 2. The Morgan fingerprint density at radius 2 is 1.71 bits per heavy atom. The van der Waals surface area contributed by atoms with Gasteiger partial charge in [0.25, 0.3) is 5.91 Å². The average molecular weight is 512 g/mol. The molecule has 2 amide bonds. The van der Waals surface area contributed by atoms with Gasteiger partial charge in [-0.05, 0) is 54.8 Å². The van der Waals surface area contributed by atoms with Gasteiger partial charge in [0.15, 0.2) is 0 Å². The van der Waals surface area contributed by atoms with E-state index in [2.05, 4.69) is 22.3 Å². The maximum absolute atomic E-state index is 13.4. The lowest BCUT2D eigenvalue weighted by Crippen LogP contribution is -2.38. The van der Waals surface area contributed by atoms with Crippen molar-refractivity contribution in [3.8, 4) is 0 Å². The van der Waals surface area contributed by atoms with Gasteiger partial charge in [-0.2, -0.15) is 0 Å². The highest BCUT2D eigenvalue weighted by molar-refractivity contribution is 6.03. The number of morpholine rings is 1. The van der Waals surface area contributed by atoms with Crippen LogP contribution in [0, 0.1) is 6.92 Å². The van der Waals surface area contributed by atoms with Gasteiger partial charge in [-0.25, -0.2) is 0 Å². The molecular formula is C32H37N3O3. The summed E-state index contributed by atoms with van der Waals surface area (Å²) < 4.78 is 5.38. The SMILES string of the molecule is Cc1ccc(CN(C(=O)/C=C/c2ccccc2)c2cccc(CC(=O)NCCCN3CCOCC3)c2)cc1. The Hall–Kier alpha value is -3.74. The summed E-state index contributed by atoms with van der Waals surface area (Å²) in [6, 6.07) is 25.7. The zero-order valence-corrected chi connectivity index (χ0v) is 22.1. The van der Waals surface area contributed by atoms with E-state index in [0.717, 1.165) is 61.6 Å². The van der Waals surface area contributed by atoms with Gasteiger partial charge >= 0.3 is 0 Å². The molecule has 1 aliphatic rings. The summed E-state index contributed by atoms with van der Waals surface area (Å²) >= 11 is 0. The number of ether oxygens (including phenoxy) is 1. The van der Waals surface area contributed by atoms with Gasteiger partial charge in [-0.3, -0.25) is 14.5 Å². The second-order valence-electron chi connectivity index (χ2n) is 9.66. The molecule has 0 aromatic heterocycles. The Bertz CT molecular complexity index is 1200. The molecule has 3 aromatic rings. The highest BCUT2D eigenvalue weighted by Crippen LogP contribution is 2.21. The molecule has 0 bridgehead atoms. The summed E-state index contributed by atoms with van der Waals surface area (Å²) in [6.45, 7) is 7.59. The third kappa shape index (κ3) is 8.68. The molecule has 0 atom stereocenters. The molecule has 1 N–H and O–H groups in total. The fourth-order valence-electron chi connectivity index (χ4n) is 4.43. The third-order valence-electron chi connectivity index (χ3n) is 6.61. The quantitative estimate of drug-likeness (QED) is 0.301. The highest BCUT2D eigenvalue weighted by atomic mass is 16.5. The smallest absolute Gasteiger partial charge is 0.251 e. The molecule has 0 aliphatic carbocycles. The second kappa shape index (κ2) is 14.3. The van der Waals surface area contributed by atoms with Crippen molar-refractivity contribution in [1.29, 1.82) is 0 Å². The largest absolute Gasteiger partial charge is 0.379 e. The molecule has 0 spiro atoms. The summed E-state index contributed by atoms with van der Waals surface area (Å²) in [5, 5.41) is 3.04. The summed E-state index contributed by atoms with van der Waals surface area (Å²) in [6.07, 6.45) is 4.63. The van der Waals surface area contributed by atoms with Gasteiger partial charge in [0, 0.05) is 31.4 Å². The predicted molar refractivity (Wildman–Crippen MR) is 153 cm³/mol. The Morgan fingerprint density at radius 1 is 0.947 bits per heavy atom. The number of nitrogens with one attached hydrogen (secondary N) is 1. The number of rotatable bonds is 11. The van der Waals surface area contributed by atoms with Gasteiger partial charge in [-0.15, -0.1) is 0 Å². The fraction of sp³-hybridized carbons (Fsp3) is 0.312. The normalized spacial score (nSPS) is 13.9. The number of nitrogens with zero attached hydrogens (tertiary/aromatic N) is 2. The minimum atomic E-state index is -0.112. The van der Waals surface area contributed by atoms with Crippen LogP contribution < -0.4 is 10.2 Å². The molecular weight excluding hydrogens is 474 g/mol. The van der Waals surface area contributed by atoms with E-state index in [1.807, 2.05) is 79.7 Å². The van der Waals surface area contributed by atoms with E-state index in [-0.39, 0.29) is 18.2 Å². The number of carbonyl (C=O) groups is 2. The molecule has 1 aliphatic heterocycles. The van der Waals surface area contributed by atoms with Crippen molar-refractivity contribution in [1.82, 2.24) is 10.2 Å². The summed E-state index contributed by atoms with van der Waals surface area (Å²) in [4.78, 5) is 30.1. The number of anilines is 1. The fourth-order valence-corrected chi connectivity index (χ4v) is 4.43. The Labute approximate surface area is 225 Å². The summed E-state index contributed by atoms with van der Waals surface area (Å²) in [5.74, 6) is -0.122. The van der Waals surface area contributed by atoms with E-state index in [4.69, 9.17) is 4.74 Å². The second-order valence-corrected chi connectivity index (χ2v) is 9.66. The van der Waals surface area contributed by atoms with E-state index >= 15 is 0 Å². The van der Waals surface area contributed by atoms with Gasteiger partial charge < -0.3 is 15.0 Å². The molecule has 6 heteroatoms. The molecule has 0 saturated carbocycles. The van der Waals surface area contributed by atoms with Crippen molar-refractivity contribution in [2.75, 3.05) is 44.3 Å². The molecule has 3 aromatic carbocycles. The van der Waals surface area contributed by atoms with Crippen LogP contribution in [-0.4, -0.2) is 56.1 Å². The summed E-state index contributed by atoms with van der Waals surface area (Å²) in [7, 11) is 0. The third-order valence-corrected chi connectivity index (χ3v) is 6.61. The lowest BCUT2D eigenvalue weighted by Gasteiger charge is -2.26. The van der Waals surface area contributed by atoms with Gasteiger partial charge in [0.05, 0.1) is 26.2 Å². The maximum atomic E-state index is 13.4. The molecule has 1 fully saturated rings. The minimum absolute atomic E-state index is 0.00971. The lowest BCUT2D eigenvalue weighted by atomic mass is 10.1.